The lowest BCUT2D eigenvalue weighted by atomic mass is 9.79. The van der Waals surface area contributed by atoms with Gasteiger partial charge in [-0.15, -0.1) is 0 Å². The van der Waals surface area contributed by atoms with Gasteiger partial charge in [-0.1, -0.05) is 184 Å². The van der Waals surface area contributed by atoms with Gasteiger partial charge in [0.25, 0.3) is 0 Å². The minimum absolute atomic E-state index is 0.266. The standard InChI is InChI=1S/C61H40N2/c1-61(2)51-33-39(55-43-21-9-11-23-45(43)57(37-17-5-3-6-18-37)59-47-25-13-15-27-53(47)62-35-49(55)59)29-31-41(51)42-32-30-40(34-52(42)61)56-44-22-10-12-24-46(44)58(38-19-7-4-8-20-38)60-48-26-14-16-28-54(48)63-36-50(56)60/h3-36H,1-2H3. The summed E-state index contributed by atoms with van der Waals surface area (Å²) >= 11 is 0. The van der Waals surface area contributed by atoms with E-state index in [4.69, 9.17) is 9.97 Å². The van der Waals surface area contributed by atoms with E-state index < -0.39 is 0 Å². The van der Waals surface area contributed by atoms with E-state index in [9.17, 15) is 0 Å². The summed E-state index contributed by atoms with van der Waals surface area (Å²) in [5.74, 6) is 0. The van der Waals surface area contributed by atoms with Crippen LogP contribution >= 0.6 is 0 Å². The molecule has 0 amide bonds. The number of rotatable bonds is 4. The van der Waals surface area contributed by atoms with Gasteiger partial charge in [0, 0.05) is 50.1 Å². The van der Waals surface area contributed by atoms with Gasteiger partial charge in [0.15, 0.2) is 0 Å². The van der Waals surface area contributed by atoms with Crippen molar-refractivity contribution in [1.29, 1.82) is 0 Å². The van der Waals surface area contributed by atoms with Crippen molar-refractivity contribution >= 4 is 64.9 Å². The first-order valence-electron chi connectivity index (χ1n) is 21.9. The van der Waals surface area contributed by atoms with E-state index in [-0.39, 0.29) is 5.41 Å². The van der Waals surface area contributed by atoms with Crippen molar-refractivity contribution < 1.29 is 0 Å². The van der Waals surface area contributed by atoms with Crippen LogP contribution in [0.25, 0.3) is 121 Å². The van der Waals surface area contributed by atoms with Crippen LogP contribution < -0.4 is 0 Å². The fourth-order valence-corrected chi connectivity index (χ4v) is 11.1. The van der Waals surface area contributed by atoms with Crippen molar-refractivity contribution in [2.24, 2.45) is 0 Å². The average molecular weight is 801 g/mol. The van der Waals surface area contributed by atoms with Gasteiger partial charge >= 0.3 is 0 Å². The number of para-hydroxylation sites is 2. The summed E-state index contributed by atoms with van der Waals surface area (Å²) < 4.78 is 0. The molecule has 0 unspecified atom stereocenters. The largest absolute Gasteiger partial charge is 0.256 e. The van der Waals surface area contributed by atoms with E-state index in [0.29, 0.717) is 0 Å². The topological polar surface area (TPSA) is 25.8 Å². The van der Waals surface area contributed by atoms with E-state index in [1.807, 2.05) is 0 Å². The first-order valence-corrected chi connectivity index (χ1v) is 21.9. The van der Waals surface area contributed by atoms with Gasteiger partial charge in [0.1, 0.15) is 0 Å². The zero-order valence-corrected chi connectivity index (χ0v) is 35.0. The Morgan fingerprint density at radius 1 is 0.302 bits per heavy atom. The van der Waals surface area contributed by atoms with Gasteiger partial charge in [-0.05, 0) is 113 Å². The Bertz CT molecular complexity index is 3610. The van der Waals surface area contributed by atoms with Crippen LogP contribution in [0.3, 0.4) is 0 Å². The van der Waals surface area contributed by atoms with Crippen LogP contribution in [0.5, 0.6) is 0 Å². The molecule has 13 rings (SSSR count). The quantitative estimate of drug-likeness (QED) is 0.131. The Kier molecular flexibility index (Phi) is 7.68. The van der Waals surface area contributed by atoms with E-state index in [1.165, 1.54) is 121 Å². The Morgan fingerprint density at radius 2 is 0.651 bits per heavy atom. The minimum atomic E-state index is -0.266. The molecule has 0 fully saturated rings. The molecule has 1 aliphatic rings. The van der Waals surface area contributed by atoms with Crippen LogP contribution in [0, 0.1) is 0 Å². The van der Waals surface area contributed by atoms with Gasteiger partial charge in [0.2, 0.25) is 0 Å². The van der Waals surface area contributed by atoms with Crippen molar-refractivity contribution in [2.45, 2.75) is 19.3 Å². The maximum atomic E-state index is 5.09. The lowest BCUT2D eigenvalue weighted by molar-refractivity contribution is 0.661. The summed E-state index contributed by atoms with van der Waals surface area (Å²) in [6.07, 6.45) is 4.22. The summed E-state index contributed by atoms with van der Waals surface area (Å²) in [7, 11) is 0. The number of pyridine rings is 2. The molecule has 0 spiro atoms. The van der Waals surface area contributed by atoms with Gasteiger partial charge in [-0.3, -0.25) is 9.97 Å². The molecule has 10 aromatic carbocycles. The SMILES string of the molecule is CC1(C)c2cc(-c3c4ccccc4c(-c4ccccc4)c4c3cnc3ccccc34)ccc2-c2ccc(-c3c4ccccc4c(-c4ccccc4)c4c3cnc3ccccc34)cc21. The molecule has 0 saturated carbocycles. The molecule has 0 N–H and O–H groups in total. The fourth-order valence-electron chi connectivity index (χ4n) is 11.1. The predicted molar refractivity (Wildman–Crippen MR) is 266 cm³/mol. The maximum Gasteiger partial charge on any atom is 0.0708 e. The average Bonchev–Trinajstić information content (AvgIpc) is 3.57. The van der Waals surface area contributed by atoms with Gasteiger partial charge in [-0.2, -0.15) is 0 Å². The second-order valence-corrected chi connectivity index (χ2v) is 17.6. The Labute approximate surface area is 365 Å². The highest BCUT2D eigenvalue weighted by Crippen LogP contribution is 2.54. The first-order chi connectivity index (χ1) is 31.0. The van der Waals surface area contributed by atoms with Crippen LogP contribution in [-0.4, -0.2) is 9.97 Å². The molecule has 63 heavy (non-hydrogen) atoms. The number of aromatic nitrogens is 2. The van der Waals surface area contributed by atoms with Gasteiger partial charge < -0.3 is 0 Å². The van der Waals surface area contributed by atoms with Gasteiger partial charge in [-0.25, -0.2) is 0 Å². The molecule has 2 heteroatoms. The first kappa shape index (κ1) is 35.8. The van der Waals surface area contributed by atoms with Crippen LogP contribution in [0.1, 0.15) is 25.0 Å². The second kappa shape index (κ2) is 13.5. The summed E-state index contributed by atoms with van der Waals surface area (Å²) in [4.78, 5) is 10.2. The third-order valence-electron chi connectivity index (χ3n) is 13.9. The highest BCUT2D eigenvalue weighted by atomic mass is 14.7. The van der Waals surface area contributed by atoms with E-state index in [2.05, 4.69) is 220 Å². The second-order valence-electron chi connectivity index (χ2n) is 17.6. The molecule has 0 atom stereocenters. The molecule has 2 heterocycles. The lowest BCUT2D eigenvalue weighted by Crippen LogP contribution is -2.15. The van der Waals surface area contributed by atoms with Crippen molar-refractivity contribution in [3.05, 3.63) is 218 Å². The Hall–Kier alpha value is -7.94. The zero-order valence-electron chi connectivity index (χ0n) is 35.0. The molecule has 0 saturated heterocycles. The molecule has 2 nitrogen and oxygen atoms in total. The van der Waals surface area contributed by atoms with Crippen molar-refractivity contribution in [2.75, 3.05) is 0 Å². The molecular weight excluding hydrogens is 761 g/mol. The molecule has 12 aromatic rings. The Balaban J connectivity index is 1.03. The molecular formula is C61H40N2. The fraction of sp³-hybridized carbons (Fsp3) is 0.0492. The summed E-state index contributed by atoms with van der Waals surface area (Å²) in [5.41, 5.74) is 16.8. The van der Waals surface area contributed by atoms with Crippen molar-refractivity contribution in [3.8, 4) is 55.6 Å². The lowest BCUT2D eigenvalue weighted by Gasteiger charge is -2.24. The minimum Gasteiger partial charge on any atom is -0.256 e. The molecule has 0 bridgehead atoms. The Morgan fingerprint density at radius 3 is 1.06 bits per heavy atom. The summed E-state index contributed by atoms with van der Waals surface area (Å²) in [6.45, 7) is 4.80. The highest BCUT2D eigenvalue weighted by Gasteiger charge is 2.36. The van der Waals surface area contributed by atoms with Crippen LogP contribution in [0.2, 0.25) is 0 Å². The normalized spacial score (nSPS) is 13.0. The molecule has 294 valence electrons. The molecule has 0 radical (unpaired) electrons. The number of fused-ring (bicyclic) bond motifs is 11. The number of hydrogen-bond acceptors (Lipinski definition) is 2. The molecule has 0 aliphatic heterocycles. The predicted octanol–water partition coefficient (Wildman–Crippen LogP) is 16.4. The summed E-state index contributed by atoms with van der Waals surface area (Å²) in [5, 5.41) is 12.1. The number of nitrogens with zero attached hydrogens (tertiary/aromatic N) is 2. The maximum absolute atomic E-state index is 5.09. The van der Waals surface area contributed by atoms with Crippen LogP contribution in [0.4, 0.5) is 0 Å². The third kappa shape index (κ3) is 5.19. The summed E-state index contributed by atoms with van der Waals surface area (Å²) in [6, 6.07) is 71.1. The smallest absolute Gasteiger partial charge is 0.0708 e. The van der Waals surface area contributed by atoms with E-state index >= 15 is 0 Å². The number of hydrogen-bond donors (Lipinski definition) is 0. The van der Waals surface area contributed by atoms with Crippen molar-refractivity contribution in [3.63, 3.8) is 0 Å². The monoisotopic (exact) mass is 800 g/mol. The number of benzene rings is 10. The van der Waals surface area contributed by atoms with Gasteiger partial charge in [0.05, 0.1) is 11.0 Å². The highest BCUT2D eigenvalue weighted by molar-refractivity contribution is 6.29. The van der Waals surface area contributed by atoms with Crippen LogP contribution in [0.15, 0.2) is 207 Å². The molecule has 1 aliphatic carbocycles. The molecule has 2 aromatic heterocycles. The zero-order chi connectivity index (χ0) is 41.8. The van der Waals surface area contributed by atoms with Crippen molar-refractivity contribution in [1.82, 2.24) is 9.97 Å². The van der Waals surface area contributed by atoms with Crippen LogP contribution in [-0.2, 0) is 5.41 Å². The van der Waals surface area contributed by atoms with E-state index in [0.717, 1.165) is 11.0 Å². The van der Waals surface area contributed by atoms with E-state index in [1.54, 1.807) is 0 Å². The third-order valence-corrected chi connectivity index (χ3v) is 13.9.